The molecule has 1 saturated heterocycles. The number of carbonyl (C=O) groups is 1. The Balaban J connectivity index is 1.35. The molecule has 2 N–H and O–H groups in total. The van der Waals surface area contributed by atoms with Crippen molar-refractivity contribution in [2.24, 2.45) is 0 Å². The Morgan fingerprint density at radius 1 is 0.676 bits per heavy atom. The lowest BCUT2D eigenvalue weighted by Gasteiger charge is -2.37. The second-order valence-electron chi connectivity index (χ2n) is 9.79. The number of piperidine rings is 1. The topological polar surface area (TPSA) is 62.8 Å². The van der Waals surface area contributed by atoms with E-state index in [-0.39, 0.29) is 5.97 Å². The van der Waals surface area contributed by atoms with Gasteiger partial charge < -0.3 is 20.2 Å². The van der Waals surface area contributed by atoms with Crippen LogP contribution in [0.2, 0.25) is 0 Å². The maximum absolute atomic E-state index is 13.2. The molecule has 4 aromatic rings. The van der Waals surface area contributed by atoms with E-state index < -0.39 is 5.60 Å². The van der Waals surface area contributed by atoms with Crippen LogP contribution in [0.4, 0.5) is 17.1 Å². The van der Waals surface area contributed by atoms with Crippen molar-refractivity contribution in [1.82, 2.24) is 5.01 Å². The fraction of sp³-hybridized carbons (Fsp3) is 0.194. The first-order chi connectivity index (χ1) is 18.2. The molecule has 1 atom stereocenters. The Bertz CT molecular complexity index is 1500. The first-order valence-corrected chi connectivity index (χ1v) is 12.8. The third-order valence-electron chi connectivity index (χ3n) is 7.42. The Labute approximate surface area is 215 Å². The molecule has 3 aliphatic rings. The van der Waals surface area contributed by atoms with Crippen molar-refractivity contribution in [2.45, 2.75) is 24.9 Å². The van der Waals surface area contributed by atoms with E-state index in [2.05, 4.69) is 15.8 Å². The minimum Gasteiger partial charge on any atom is -0.456 e. The van der Waals surface area contributed by atoms with Crippen molar-refractivity contribution >= 4 is 23.0 Å². The number of ether oxygens (including phenoxy) is 2. The minimum atomic E-state index is -1.09. The molecule has 1 unspecified atom stereocenters. The molecule has 4 aromatic carbocycles. The van der Waals surface area contributed by atoms with Gasteiger partial charge in [0, 0.05) is 47.2 Å². The van der Waals surface area contributed by atoms with Crippen molar-refractivity contribution in [3.8, 4) is 11.5 Å². The number of nitrogens with zero attached hydrogens (tertiary/aromatic N) is 1. The number of nitrogens with one attached hydrogen (secondary N) is 2. The van der Waals surface area contributed by atoms with Crippen LogP contribution in [0.25, 0.3) is 0 Å². The van der Waals surface area contributed by atoms with Gasteiger partial charge in [-0.2, -0.15) is 0 Å². The van der Waals surface area contributed by atoms with Crippen molar-refractivity contribution < 1.29 is 14.3 Å². The van der Waals surface area contributed by atoms with Gasteiger partial charge in [0.2, 0.25) is 0 Å². The van der Waals surface area contributed by atoms with E-state index in [1.54, 1.807) is 0 Å². The molecule has 0 aromatic heterocycles. The van der Waals surface area contributed by atoms with Gasteiger partial charge in [-0.3, -0.25) is 0 Å². The number of hydrogen-bond donors (Lipinski definition) is 2. The number of esters is 1. The maximum Gasteiger partial charge on any atom is 0.340 e. The highest BCUT2D eigenvalue weighted by molar-refractivity contribution is 5.97. The molecule has 6 nitrogen and oxygen atoms in total. The van der Waals surface area contributed by atoms with Crippen LogP contribution in [0.3, 0.4) is 0 Å². The molecular formula is C31H27N3O3. The van der Waals surface area contributed by atoms with E-state index in [0.29, 0.717) is 17.1 Å². The maximum atomic E-state index is 13.2. The number of hydrazine groups is 1. The van der Waals surface area contributed by atoms with Gasteiger partial charge in [-0.25, -0.2) is 9.80 Å². The summed E-state index contributed by atoms with van der Waals surface area (Å²) in [4.78, 5) is 13.2. The zero-order valence-corrected chi connectivity index (χ0v) is 20.4. The molecule has 1 spiro atoms. The van der Waals surface area contributed by atoms with E-state index in [4.69, 9.17) is 9.47 Å². The van der Waals surface area contributed by atoms with E-state index in [1.165, 1.54) is 19.3 Å². The summed E-state index contributed by atoms with van der Waals surface area (Å²) in [5, 5.41) is 5.72. The molecule has 0 aliphatic carbocycles. The highest BCUT2D eigenvalue weighted by Crippen LogP contribution is 2.56. The molecule has 3 heterocycles. The minimum absolute atomic E-state index is 0.327. The Hall–Kier alpha value is -4.29. The molecule has 184 valence electrons. The SMILES string of the molecule is O=C1OC2(c3ccc(NN4CCCCC4)cc3Oc3ccc(Nc4ccccc4)cc32)c2ccccc21. The summed E-state index contributed by atoms with van der Waals surface area (Å²) in [5.41, 5.74) is 8.30. The second kappa shape index (κ2) is 8.68. The van der Waals surface area contributed by atoms with Gasteiger partial charge in [0.25, 0.3) is 0 Å². The van der Waals surface area contributed by atoms with E-state index in [1.807, 2.05) is 91.0 Å². The molecule has 37 heavy (non-hydrogen) atoms. The van der Waals surface area contributed by atoms with Gasteiger partial charge in [-0.05, 0) is 61.4 Å². The summed E-state index contributed by atoms with van der Waals surface area (Å²) in [6, 6.07) is 29.7. The Morgan fingerprint density at radius 2 is 1.46 bits per heavy atom. The highest BCUT2D eigenvalue weighted by Gasteiger charge is 2.53. The van der Waals surface area contributed by atoms with Crippen molar-refractivity contribution in [3.63, 3.8) is 0 Å². The van der Waals surface area contributed by atoms with Crippen LogP contribution in [0.15, 0.2) is 91.0 Å². The summed E-state index contributed by atoms with van der Waals surface area (Å²) in [5.74, 6) is 1.03. The van der Waals surface area contributed by atoms with Gasteiger partial charge in [0.15, 0.2) is 5.60 Å². The number of benzene rings is 4. The van der Waals surface area contributed by atoms with Crippen LogP contribution in [0, 0.1) is 0 Å². The average molecular weight is 490 g/mol. The lowest BCUT2D eigenvalue weighted by atomic mass is 9.77. The van der Waals surface area contributed by atoms with Gasteiger partial charge in [0.1, 0.15) is 11.5 Å². The predicted molar refractivity (Wildman–Crippen MR) is 143 cm³/mol. The average Bonchev–Trinajstić information content (AvgIpc) is 3.23. The molecule has 0 saturated carbocycles. The molecule has 0 amide bonds. The van der Waals surface area contributed by atoms with Gasteiger partial charge >= 0.3 is 5.97 Å². The number of carbonyl (C=O) groups excluding carboxylic acids is 1. The van der Waals surface area contributed by atoms with Crippen LogP contribution in [-0.4, -0.2) is 24.1 Å². The smallest absolute Gasteiger partial charge is 0.340 e. The van der Waals surface area contributed by atoms with E-state index in [0.717, 1.165) is 46.8 Å². The van der Waals surface area contributed by atoms with Crippen LogP contribution < -0.4 is 15.5 Å². The summed E-state index contributed by atoms with van der Waals surface area (Å²) in [7, 11) is 0. The summed E-state index contributed by atoms with van der Waals surface area (Å²) in [6.07, 6.45) is 3.66. The van der Waals surface area contributed by atoms with Crippen LogP contribution >= 0.6 is 0 Å². The molecule has 0 bridgehead atoms. The van der Waals surface area contributed by atoms with Crippen LogP contribution in [0.5, 0.6) is 11.5 Å². The molecule has 6 heteroatoms. The Kier molecular flexibility index (Phi) is 5.15. The first kappa shape index (κ1) is 21.9. The number of rotatable bonds is 4. The van der Waals surface area contributed by atoms with E-state index in [9.17, 15) is 4.79 Å². The lowest BCUT2D eigenvalue weighted by Crippen LogP contribution is -2.35. The van der Waals surface area contributed by atoms with Gasteiger partial charge in [-0.15, -0.1) is 0 Å². The molecule has 7 rings (SSSR count). The molecule has 1 fully saturated rings. The van der Waals surface area contributed by atoms with Gasteiger partial charge in [-0.1, -0.05) is 42.8 Å². The third-order valence-corrected chi connectivity index (χ3v) is 7.42. The number of anilines is 3. The van der Waals surface area contributed by atoms with Gasteiger partial charge in [0.05, 0.1) is 11.3 Å². The number of hydrogen-bond acceptors (Lipinski definition) is 6. The summed E-state index contributed by atoms with van der Waals surface area (Å²) >= 11 is 0. The predicted octanol–water partition coefficient (Wildman–Crippen LogP) is 6.81. The molecule has 0 radical (unpaired) electrons. The van der Waals surface area contributed by atoms with Crippen LogP contribution in [0.1, 0.15) is 46.3 Å². The summed E-state index contributed by atoms with van der Waals surface area (Å²) in [6.45, 7) is 2.04. The fourth-order valence-electron chi connectivity index (χ4n) is 5.70. The molecule has 3 aliphatic heterocycles. The highest BCUT2D eigenvalue weighted by atomic mass is 16.6. The summed E-state index contributed by atoms with van der Waals surface area (Å²) < 4.78 is 12.8. The van der Waals surface area contributed by atoms with E-state index >= 15 is 0 Å². The quantitative estimate of drug-likeness (QED) is 0.307. The lowest BCUT2D eigenvalue weighted by molar-refractivity contribution is 0.0224. The van der Waals surface area contributed by atoms with Crippen molar-refractivity contribution in [2.75, 3.05) is 23.8 Å². The second-order valence-corrected chi connectivity index (χ2v) is 9.79. The van der Waals surface area contributed by atoms with Crippen molar-refractivity contribution in [3.05, 3.63) is 113 Å². The standard InChI is InChI=1S/C31H27N3O3/c35-30-24-11-5-6-12-25(24)31(37-30)26-15-13-23(33-34-17-7-2-8-18-34)20-29(26)36-28-16-14-22(19-27(28)31)32-21-9-3-1-4-10-21/h1,3-6,9-16,19-20,32-33H,2,7-8,17-18H2. The third kappa shape index (κ3) is 3.64. The van der Waals surface area contributed by atoms with Crippen molar-refractivity contribution in [1.29, 1.82) is 0 Å². The monoisotopic (exact) mass is 489 g/mol. The molecular weight excluding hydrogens is 462 g/mol. The van der Waals surface area contributed by atoms with Crippen LogP contribution in [-0.2, 0) is 10.3 Å². The Morgan fingerprint density at radius 3 is 2.32 bits per heavy atom. The number of fused-ring (bicyclic) bond motifs is 6. The largest absolute Gasteiger partial charge is 0.456 e. The zero-order chi connectivity index (χ0) is 24.8. The fourth-order valence-corrected chi connectivity index (χ4v) is 5.70. The first-order valence-electron chi connectivity index (χ1n) is 12.8. The zero-order valence-electron chi connectivity index (χ0n) is 20.4. The number of para-hydroxylation sites is 1. The normalized spacial score (nSPS) is 19.8.